The van der Waals surface area contributed by atoms with E-state index in [-0.39, 0.29) is 18.9 Å². The Morgan fingerprint density at radius 1 is 1.35 bits per heavy atom. The molecule has 2 N–H and O–H groups in total. The van der Waals surface area contributed by atoms with Crippen LogP contribution < -0.4 is 0 Å². The lowest BCUT2D eigenvalue weighted by atomic mass is 9.97. The van der Waals surface area contributed by atoms with Gasteiger partial charge in [0, 0.05) is 35.8 Å². The van der Waals surface area contributed by atoms with E-state index in [2.05, 4.69) is 4.98 Å². The number of nitrogens with zero attached hydrogens (tertiary/aromatic N) is 1. The van der Waals surface area contributed by atoms with E-state index in [4.69, 9.17) is 0 Å². The second-order valence-electron chi connectivity index (χ2n) is 6.66. The quantitative estimate of drug-likeness (QED) is 0.811. The van der Waals surface area contributed by atoms with Crippen molar-refractivity contribution < 1.29 is 27.5 Å². The van der Waals surface area contributed by atoms with Gasteiger partial charge in [-0.15, -0.1) is 0 Å². The fraction of sp³-hybridized carbons (Fsp3) is 0.389. The summed E-state index contributed by atoms with van der Waals surface area (Å²) in [4.78, 5) is 16.4. The average molecular weight is 370 g/mol. The van der Waals surface area contributed by atoms with E-state index in [1.54, 1.807) is 18.3 Å². The Morgan fingerprint density at radius 3 is 2.69 bits per heavy atom. The monoisotopic (exact) mass is 370 g/mol. The van der Waals surface area contributed by atoms with Crippen molar-refractivity contribution in [3.05, 3.63) is 41.9 Å². The lowest BCUT2D eigenvalue weighted by Gasteiger charge is -2.31. The third-order valence-electron chi connectivity index (χ3n) is 4.66. The highest BCUT2D eigenvalue weighted by molar-refractivity contribution is 5.93. The highest BCUT2D eigenvalue weighted by Gasteiger charge is 2.51. The van der Waals surface area contributed by atoms with Gasteiger partial charge >= 0.3 is 6.18 Å². The first-order valence-corrected chi connectivity index (χ1v) is 8.11. The SMILES string of the molecule is CC(O)(CC(=O)N1CC=C(c2c[nH]c3cc(F)ccc23)CC1)C(F)(F)F. The van der Waals surface area contributed by atoms with Crippen molar-refractivity contribution in [2.75, 3.05) is 13.1 Å². The molecule has 0 bridgehead atoms. The third-order valence-corrected chi connectivity index (χ3v) is 4.66. The summed E-state index contributed by atoms with van der Waals surface area (Å²) in [6.45, 7) is 1.02. The standard InChI is InChI=1S/C18H18F4N2O2/c1-17(26,18(20,21)22)9-16(25)24-6-4-11(5-7-24)14-10-23-15-8-12(19)2-3-13(14)15/h2-4,8,10,23,26H,5-7,9H2,1H3. The predicted molar refractivity (Wildman–Crippen MR) is 88.7 cm³/mol. The van der Waals surface area contributed by atoms with Gasteiger partial charge in [-0.05, 0) is 37.1 Å². The summed E-state index contributed by atoms with van der Waals surface area (Å²) in [5.41, 5.74) is -0.570. The number of amides is 1. The van der Waals surface area contributed by atoms with Crippen molar-refractivity contribution in [3.8, 4) is 0 Å². The number of H-pyrrole nitrogens is 1. The summed E-state index contributed by atoms with van der Waals surface area (Å²) in [7, 11) is 0. The molecule has 26 heavy (non-hydrogen) atoms. The summed E-state index contributed by atoms with van der Waals surface area (Å²) >= 11 is 0. The Morgan fingerprint density at radius 2 is 2.08 bits per heavy atom. The number of alkyl halides is 3. The maximum Gasteiger partial charge on any atom is 0.417 e. The van der Waals surface area contributed by atoms with Crippen LogP contribution in [0.1, 0.15) is 25.3 Å². The highest BCUT2D eigenvalue weighted by Crippen LogP contribution is 2.34. The van der Waals surface area contributed by atoms with Gasteiger partial charge in [0.2, 0.25) is 5.91 Å². The fourth-order valence-electron chi connectivity index (χ4n) is 3.01. The first-order chi connectivity index (χ1) is 12.1. The Labute approximate surface area is 147 Å². The molecule has 1 aromatic heterocycles. The molecule has 0 saturated heterocycles. The molecule has 0 radical (unpaired) electrons. The molecule has 0 spiro atoms. The number of benzene rings is 1. The first-order valence-electron chi connectivity index (χ1n) is 8.11. The van der Waals surface area contributed by atoms with Crippen molar-refractivity contribution in [1.29, 1.82) is 0 Å². The number of aliphatic hydroxyl groups is 1. The highest BCUT2D eigenvalue weighted by atomic mass is 19.4. The fourth-order valence-corrected chi connectivity index (χ4v) is 3.01. The van der Waals surface area contributed by atoms with E-state index in [0.29, 0.717) is 18.9 Å². The number of hydrogen-bond acceptors (Lipinski definition) is 2. The van der Waals surface area contributed by atoms with Crippen molar-refractivity contribution in [3.63, 3.8) is 0 Å². The van der Waals surface area contributed by atoms with E-state index in [1.165, 1.54) is 17.0 Å². The number of carbonyl (C=O) groups is 1. The summed E-state index contributed by atoms with van der Waals surface area (Å²) in [5.74, 6) is -1.10. The molecule has 8 heteroatoms. The molecule has 1 amide bonds. The zero-order valence-electron chi connectivity index (χ0n) is 14.0. The van der Waals surface area contributed by atoms with E-state index in [9.17, 15) is 27.5 Å². The maximum atomic E-state index is 13.3. The zero-order valence-corrected chi connectivity index (χ0v) is 14.0. The Kier molecular flexibility index (Phi) is 4.56. The van der Waals surface area contributed by atoms with Gasteiger partial charge in [-0.2, -0.15) is 13.2 Å². The summed E-state index contributed by atoms with van der Waals surface area (Å²) in [6, 6.07) is 4.41. The number of halogens is 4. The van der Waals surface area contributed by atoms with Crippen molar-refractivity contribution in [2.45, 2.75) is 31.5 Å². The molecule has 1 aliphatic heterocycles. The minimum atomic E-state index is -4.86. The largest absolute Gasteiger partial charge is 0.417 e. The van der Waals surface area contributed by atoms with Crippen LogP contribution >= 0.6 is 0 Å². The van der Waals surface area contributed by atoms with Crippen LogP contribution in [0.25, 0.3) is 16.5 Å². The summed E-state index contributed by atoms with van der Waals surface area (Å²) in [5, 5.41) is 10.3. The molecule has 1 aromatic carbocycles. The molecule has 3 rings (SSSR count). The number of hydrogen-bond donors (Lipinski definition) is 2. The Bertz CT molecular complexity index is 868. The van der Waals surface area contributed by atoms with Gasteiger partial charge in [0.15, 0.2) is 5.60 Å². The molecule has 140 valence electrons. The first kappa shape index (κ1) is 18.4. The second kappa shape index (κ2) is 6.42. The Hall–Kier alpha value is -2.35. The number of aromatic amines is 1. The molecule has 2 aromatic rings. The van der Waals surface area contributed by atoms with E-state index >= 15 is 0 Å². The molecule has 0 saturated carbocycles. The van der Waals surface area contributed by atoms with Crippen LogP contribution in [0.3, 0.4) is 0 Å². The predicted octanol–water partition coefficient (Wildman–Crippen LogP) is 3.63. The van der Waals surface area contributed by atoms with Gasteiger partial charge in [-0.25, -0.2) is 4.39 Å². The third kappa shape index (κ3) is 3.46. The van der Waals surface area contributed by atoms with E-state index in [1.807, 2.05) is 0 Å². The van der Waals surface area contributed by atoms with Crippen molar-refractivity contribution in [2.24, 2.45) is 0 Å². The van der Waals surface area contributed by atoms with Crippen LogP contribution in [0, 0.1) is 5.82 Å². The normalized spacial score (nSPS) is 17.9. The van der Waals surface area contributed by atoms with Crippen LogP contribution in [0.15, 0.2) is 30.5 Å². The topological polar surface area (TPSA) is 56.3 Å². The number of carbonyl (C=O) groups excluding carboxylic acids is 1. The molecule has 1 aliphatic rings. The lowest BCUT2D eigenvalue weighted by Crippen LogP contribution is -2.47. The van der Waals surface area contributed by atoms with E-state index < -0.39 is 24.1 Å². The van der Waals surface area contributed by atoms with Gasteiger partial charge in [-0.1, -0.05) is 6.08 Å². The zero-order chi connectivity index (χ0) is 19.1. The number of nitrogens with one attached hydrogen (secondary N) is 1. The molecular weight excluding hydrogens is 352 g/mol. The van der Waals surface area contributed by atoms with E-state index in [0.717, 1.165) is 16.5 Å². The van der Waals surface area contributed by atoms with Crippen molar-refractivity contribution in [1.82, 2.24) is 9.88 Å². The van der Waals surface area contributed by atoms with Gasteiger partial charge in [-0.3, -0.25) is 4.79 Å². The number of fused-ring (bicyclic) bond motifs is 1. The molecule has 0 aliphatic carbocycles. The molecule has 0 fully saturated rings. The average Bonchev–Trinajstić information content (AvgIpc) is 2.96. The van der Waals surface area contributed by atoms with Crippen LogP contribution in [0.5, 0.6) is 0 Å². The summed E-state index contributed by atoms with van der Waals surface area (Å²) in [6.07, 6.45) is -1.88. The van der Waals surface area contributed by atoms with Gasteiger partial charge in [0.1, 0.15) is 5.82 Å². The minimum Gasteiger partial charge on any atom is -0.380 e. The van der Waals surface area contributed by atoms with Gasteiger partial charge in [0.05, 0.1) is 6.42 Å². The summed E-state index contributed by atoms with van der Waals surface area (Å²) < 4.78 is 51.4. The van der Waals surface area contributed by atoms with Gasteiger partial charge < -0.3 is 15.0 Å². The van der Waals surface area contributed by atoms with Crippen LogP contribution in [0.4, 0.5) is 17.6 Å². The van der Waals surface area contributed by atoms with Crippen molar-refractivity contribution >= 4 is 22.4 Å². The second-order valence-corrected chi connectivity index (χ2v) is 6.66. The number of aromatic nitrogens is 1. The lowest BCUT2D eigenvalue weighted by molar-refractivity contribution is -0.254. The molecule has 4 nitrogen and oxygen atoms in total. The molecule has 1 atom stereocenters. The van der Waals surface area contributed by atoms with Crippen LogP contribution in [-0.4, -0.2) is 45.8 Å². The van der Waals surface area contributed by atoms with Crippen LogP contribution in [-0.2, 0) is 4.79 Å². The number of rotatable bonds is 3. The van der Waals surface area contributed by atoms with Crippen LogP contribution in [0.2, 0.25) is 0 Å². The smallest absolute Gasteiger partial charge is 0.380 e. The molecule has 2 heterocycles. The molecular formula is C18H18F4N2O2. The molecule has 1 unspecified atom stereocenters. The van der Waals surface area contributed by atoms with Gasteiger partial charge in [0.25, 0.3) is 0 Å². The minimum absolute atomic E-state index is 0.163. The Balaban J connectivity index is 1.73. The maximum absolute atomic E-state index is 13.3.